The number of likely N-dealkylation sites (tertiary alicyclic amines) is 1. The number of hydrogen-bond donors (Lipinski definition) is 1. The average Bonchev–Trinajstić information content (AvgIpc) is 3.10. The lowest BCUT2D eigenvalue weighted by molar-refractivity contribution is -0.143. The van der Waals surface area contributed by atoms with Crippen LogP contribution in [0.1, 0.15) is 31.2 Å². The standard InChI is InChI=1S/C19H26N2O3/c1-20(11-9-17(22)23)18(24)19-10-5-8-16(19)13-21(14-19)12-15-6-3-2-4-7-15/h2-4,6-7,16H,5,8-14H2,1H3,(H,22,23)/t16-,19-/m1/s1. The topological polar surface area (TPSA) is 60.9 Å². The second-order valence-corrected chi connectivity index (χ2v) is 7.27. The van der Waals surface area contributed by atoms with Crippen LogP contribution in [0, 0.1) is 11.3 Å². The van der Waals surface area contributed by atoms with Crippen molar-refractivity contribution in [1.82, 2.24) is 9.80 Å². The molecule has 1 amide bonds. The maximum Gasteiger partial charge on any atom is 0.305 e. The zero-order valence-corrected chi connectivity index (χ0v) is 14.3. The van der Waals surface area contributed by atoms with Crippen molar-refractivity contribution in [3.63, 3.8) is 0 Å². The Morgan fingerprint density at radius 1 is 1.33 bits per heavy atom. The van der Waals surface area contributed by atoms with Gasteiger partial charge in [0.2, 0.25) is 5.91 Å². The third-order valence-electron chi connectivity index (χ3n) is 5.62. The summed E-state index contributed by atoms with van der Waals surface area (Å²) in [6, 6.07) is 10.4. The van der Waals surface area contributed by atoms with Crippen LogP contribution in [0.15, 0.2) is 30.3 Å². The van der Waals surface area contributed by atoms with E-state index in [0.29, 0.717) is 12.5 Å². The second kappa shape index (κ2) is 6.93. The van der Waals surface area contributed by atoms with Crippen molar-refractivity contribution >= 4 is 11.9 Å². The van der Waals surface area contributed by atoms with Crippen molar-refractivity contribution in [3.05, 3.63) is 35.9 Å². The first-order valence-corrected chi connectivity index (χ1v) is 8.75. The molecule has 3 rings (SSSR count). The van der Waals surface area contributed by atoms with Gasteiger partial charge < -0.3 is 10.0 Å². The molecule has 0 unspecified atom stereocenters. The molecule has 0 bridgehead atoms. The molecule has 2 aliphatic rings. The molecule has 5 heteroatoms. The Labute approximate surface area is 143 Å². The van der Waals surface area contributed by atoms with Gasteiger partial charge in [0.1, 0.15) is 0 Å². The molecule has 1 aliphatic heterocycles. The predicted molar refractivity (Wildman–Crippen MR) is 91.4 cm³/mol. The highest BCUT2D eigenvalue weighted by molar-refractivity contribution is 5.84. The number of rotatable bonds is 6. The molecule has 1 aromatic rings. The molecular formula is C19H26N2O3. The van der Waals surface area contributed by atoms with Crippen LogP contribution >= 0.6 is 0 Å². The first-order chi connectivity index (χ1) is 11.5. The van der Waals surface area contributed by atoms with Gasteiger partial charge in [-0.3, -0.25) is 14.5 Å². The van der Waals surface area contributed by atoms with Crippen molar-refractivity contribution in [2.24, 2.45) is 11.3 Å². The van der Waals surface area contributed by atoms with Crippen LogP contribution < -0.4 is 0 Å². The lowest BCUT2D eigenvalue weighted by atomic mass is 9.79. The molecule has 1 N–H and O–H groups in total. The highest BCUT2D eigenvalue weighted by Crippen LogP contribution is 2.50. The maximum atomic E-state index is 13.1. The number of carboxylic acids is 1. The minimum atomic E-state index is -0.854. The second-order valence-electron chi connectivity index (χ2n) is 7.27. The number of aliphatic carboxylic acids is 1. The molecule has 1 saturated heterocycles. The summed E-state index contributed by atoms with van der Waals surface area (Å²) in [6.07, 6.45) is 3.14. The summed E-state index contributed by atoms with van der Waals surface area (Å²) >= 11 is 0. The van der Waals surface area contributed by atoms with Crippen LogP contribution in [0.5, 0.6) is 0 Å². The van der Waals surface area contributed by atoms with Gasteiger partial charge in [-0.1, -0.05) is 36.8 Å². The zero-order chi connectivity index (χ0) is 17.2. The van der Waals surface area contributed by atoms with Gasteiger partial charge in [0, 0.05) is 33.2 Å². The molecular weight excluding hydrogens is 304 g/mol. The summed E-state index contributed by atoms with van der Waals surface area (Å²) in [5.41, 5.74) is 0.974. The van der Waals surface area contributed by atoms with Crippen LogP contribution in [0.3, 0.4) is 0 Å². The molecule has 1 saturated carbocycles. The minimum Gasteiger partial charge on any atom is -0.481 e. The molecule has 1 aromatic carbocycles. The van der Waals surface area contributed by atoms with E-state index in [1.165, 1.54) is 5.56 Å². The van der Waals surface area contributed by atoms with Gasteiger partial charge in [-0.25, -0.2) is 0 Å². The van der Waals surface area contributed by atoms with Crippen LogP contribution in [0.25, 0.3) is 0 Å². The predicted octanol–water partition coefficient (Wildman–Crippen LogP) is 2.22. The first kappa shape index (κ1) is 17.0. The number of carboxylic acid groups (broad SMARTS) is 1. The maximum absolute atomic E-state index is 13.1. The van der Waals surface area contributed by atoms with Gasteiger partial charge in [-0.15, -0.1) is 0 Å². The quantitative estimate of drug-likeness (QED) is 0.869. The molecule has 130 valence electrons. The number of benzene rings is 1. The Hall–Kier alpha value is -1.88. The van der Waals surface area contributed by atoms with Crippen LogP contribution in [0.4, 0.5) is 0 Å². The summed E-state index contributed by atoms with van der Waals surface area (Å²) in [4.78, 5) is 27.9. The fourth-order valence-electron chi connectivity index (χ4n) is 4.45. The summed E-state index contributed by atoms with van der Waals surface area (Å²) in [6.45, 7) is 2.93. The molecule has 5 nitrogen and oxygen atoms in total. The smallest absolute Gasteiger partial charge is 0.305 e. The van der Waals surface area contributed by atoms with E-state index in [0.717, 1.165) is 38.9 Å². The van der Waals surface area contributed by atoms with Gasteiger partial charge in [0.25, 0.3) is 0 Å². The molecule has 2 fully saturated rings. The highest BCUT2D eigenvalue weighted by Gasteiger charge is 2.55. The molecule has 24 heavy (non-hydrogen) atoms. The summed E-state index contributed by atoms with van der Waals surface area (Å²) < 4.78 is 0. The molecule has 0 radical (unpaired) electrons. The Morgan fingerprint density at radius 2 is 2.08 bits per heavy atom. The molecule has 1 heterocycles. The molecule has 0 spiro atoms. The number of hydrogen-bond acceptors (Lipinski definition) is 3. The van der Waals surface area contributed by atoms with Crippen LogP contribution in [0.2, 0.25) is 0 Å². The Kier molecular flexibility index (Phi) is 4.90. The van der Waals surface area contributed by atoms with Crippen molar-refractivity contribution in [3.8, 4) is 0 Å². The fourth-order valence-corrected chi connectivity index (χ4v) is 4.45. The lowest BCUT2D eigenvalue weighted by Gasteiger charge is -2.32. The van der Waals surface area contributed by atoms with Gasteiger partial charge in [-0.2, -0.15) is 0 Å². The van der Waals surface area contributed by atoms with Gasteiger partial charge in [0.05, 0.1) is 11.8 Å². The molecule has 0 aromatic heterocycles. The van der Waals surface area contributed by atoms with E-state index >= 15 is 0 Å². The number of amides is 1. The zero-order valence-electron chi connectivity index (χ0n) is 14.3. The summed E-state index contributed by atoms with van der Waals surface area (Å²) in [5.74, 6) is -0.310. The van der Waals surface area contributed by atoms with Crippen molar-refractivity contribution in [2.45, 2.75) is 32.2 Å². The van der Waals surface area contributed by atoms with Crippen LogP contribution in [-0.2, 0) is 16.1 Å². The summed E-state index contributed by atoms with van der Waals surface area (Å²) in [5, 5.41) is 8.86. The normalized spacial score (nSPS) is 26.3. The SMILES string of the molecule is CN(CCC(=O)O)C(=O)[C@@]12CCC[C@@H]1CN(Cc1ccccc1)C2. The Bertz CT molecular complexity index is 604. The van der Waals surface area contributed by atoms with Crippen molar-refractivity contribution in [2.75, 3.05) is 26.7 Å². The van der Waals surface area contributed by atoms with Crippen molar-refractivity contribution < 1.29 is 14.7 Å². The minimum absolute atomic E-state index is 0.0106. The van der Waals surface area contributed by atoms with E-state index in [1.807, 2.05) is 18.2 Å². The lowest BCUT2D eigenvalue weighted by Crippen LogP contribution is -2.45. The molecule has 2 atom stereocenters. The molecule has 1 aliphatic carbocycles. The third kappa shape index (κ3) is 3.31. The third-order valence-corrected chi connectivity index (χ3v) is 5.62. The van der Waals surface area contributed by atoms with Gasteiger partial charge in [-0.05, 0) is 24.3 Å². The Balaban J connectivity index is 1.68. The monoisotopic (exact) mass is 330 g/mol. The fraction of sp³-hybridized carbons (Fsp3) is 0.579. The largest absolute Gasteiger partial charge is 0.481 e. The van der Waals surface area contributed by atoms with Gasteiger partial charge in [0.15, 0.2) is 0 Å². The average molecular weight is 330 g/mol. The summed E-state index contributed by atoms with van der Waals surface area (Å²) in [7, 11) is 1.75. The number of fused-ring (bicyclic) bond motifs is 1. The van der Waals surface area contributed by atoms with E-state index in [4.69, 9.17) is 5.11 Å². The number of nitrogens with zero attached hydrogens (tertiary/aromatic N) is 2. The van der Waals surface area contributed by atoms with Gasteiger partial charge >= 0.3 is 5.97 Å². The highest BCUT2D eigenvalue weighted by atomic mass is 16.4. The van der Waals surface area contributed by atoms with Crippen LogP contribution in [-0.4, -0.2) is 53.5 Å². The van der Waals surface area contributed by atoms with Crippen molar-refractivity contribution in [1.29, 1.82) is 0 Å². The van der Waals surface area contributed by atoms with E-state index in [9.17, 15) is 9.59 Å². The number of carbonyl (C=O) groups is 2. The number of carbonyl (C=O) groups excluding carboxylic acids is 1. The van der Waals surface area contributed by atoms with E-state index in [2.05, 4.69) is 17.0 Å². The van der Waals surface area contributed by atoms with E-state index < -0.39 is 5.97 Å². The first-order valence-electron chi connectivity index (χ1n) is 8.75. The van der Waals surface area contributed by atoms with E-state index in [1.54, 1.807) is 11.9 Å². The Morgan fingerprint density at radius 3 is 2.79 bits per heavy atom. The van der Waals surface area contributed by atoms with E-state index in [-0.39, 0.29) is 17.7 Å².